The van der Waals surface area contributed by atoms with Crippen LogP contribution in [0.2, 0.25) is 0 Å². The molecule has 0 aliphatic carbocycles. The number of allylic oxidation sites excluding steroid dienone is 1. The molecule has 0 radical (unpaired) electrons. The molecule has 0 unspecified atom stereocenters. The minimum Gasteiger partial charge on any atom is -0.378 e. The van der Waals surface area contributed by atoms with Crippen LogP contribution in [0.25, 0.3) is 6.08 Å². The Morgan fingerprint density at radius 3 is 2.65 bits per heavy atom. The Labute approximate surface area is 102 Å². The summed E-state index contributed by atoms with van der Waals surface area (Å²) in [5.74, 6) is 0. The first-order chi connectivity index (χ1) is 8.34. The lowest BCUT2D eigenvalue weighted by Gasteiger charge is -2.23. The molecule has 0 saturated carbocycles. The van der Waals surface area contributed by atoms with Gasteiger partial charge in [-0.25, -0.2) is 0 Å². The monoisotopic (exact) mass is 230 g/mol. The smallest absolute Gasteiger partial charge is 0.0659 e. The fourth-order valence-corrected chi connectivity index (χ4v) is 1.69. The van der Waals surface area contributed by atoms with Gasteiger partial charge in [-0.3, -0.25) is 5.01 Å². The second-order valence-electron chi connectivity index (χ2n) is 4.11. The van der Waals surface area contributed by atoms with Gasteiger partial charge in [0, 0.05) is 6.21 Å². The average Bonchev–Trinajstić information content (AvgIpc) is 2.39. The highest BCUT2D eigenvalue weighted by Crippen LogP contribution is 2.05. The minimum atomic E-state index is 0.777. The second-order valence-corrected chi connectivity index (χ2v) is 4.11. The highest BCUT2D eigenvalue weighted by atomic mass is 16.5. The quantitative estimate of drug-likeness (QED) is 0.745. The van der Waals surface area contributed by atoms with Gasteiger partial charge in [-0.15, -0.1) is 0 Å². The van der Waals surface area contributed by atoms with Gasteiger partial charge in [0.05, 0.1) is 26.3 Å². The predicted molar refractivity (Wildman–Crippen MR) is 71.0 cm³/mol. The van der Waals surface area contributed by atoms with Gasteiger partial charge in [-0.05, 0) is 18.1 Å². The fraction of sp³-hybridized carbons (Fsp3) is 0.357. The van der Waals surface area contributed by atoms with Crippen molar-refractivity contribution in [3.63, 3.8) is 0 Å². The molecule has 0 N–H and O–H groups in total. The number of hydrogen-bond acceptors (Lipinski definition) is 3. The Balaban J connectivity index is 1.93. The summed E-state index contributed by atoms with van der Waals surface area (Å²) in [5.41, 5.74) is 2.36. The number of hydrazone groups is 1. The van der Waals surface area contributed by atoms with Gasteiger partial charge in [0.15, 0.2) is 0 Å². The van der Waals surface area contributed by atoms with E-state index in [1.54, 1.807) is 0 Å². The Kier molecular flexibility index (Phi) is 4.33. The summed E-state index contributed by atoms with van der Waals surface area (Å²) in [4.78, 5) is 0. The fourth-order valence-electron chi connectivity index (χ4n) is 1.69. The van der Waals surface area contributed by atoms with Gasteiger partial charge in [-0.1, -0.05) is 36.4 Å². The lowest BCUT2D eigenvalue weighted by atomic mass is 10.1. The van der Waals surface area contributed by atoms with Gasteiger partial charge < -0.3 is 4.74 Å². The lowest BCUT2D eigenvalue weighted by Crippen LogP contribution is -2.32. The zero-order chi connectivity index (χ0) is 11.9. The van der Waals surface area contributed by atoms with E-state index in [-0.39, 0.29) is 0 Å². The molecular formula is C14H18N2O. The maximum Gasteiger partial charge on any atom is 0.0659 e. The number of rotatable bonds is 3. The summed E-state index contributed by atoms with van der Waals surface area (Å²) < 4.78 is 5.27. The molecule has 1 aromatic carbocycles. The number of ether oxygens (including phenoxy) is 1. The molecule has 3 nitrogen and oxygen atoms in total. The molecule has 1 heterocycles. The molecular weight excluding hydrogens is 212 g/mol. The topological polar surface area (TPSA) is 24.8 Å². The van der Waals surface area contributed by atoms with Gasteiger partial charge in [0.25, 0.3) is 0 Å². The highest BCUT2D eigenvalue weighted by Gasteiger charge is 2.05. The maximum atomic E-state index is 5.27. The molecule has 2 rings (SSSR count). The van der Waals surface area contributed by atoms with E-state index in [9.17, 15) is 0 Å². The third-order valence-electron chi connectivity index (χ3n) is 2.61. The number of nitrogens with zero attached hydrogens (tertiary/aromatic N) is 2. The van der Waals surface area contributed by atoms with Gasteiger partial charge >= 0.3 is 0 Å². The van der Waals surface area contributed by atoms with Crippen LogP contribution in [0.1, 0.15) is 12.5 Å². The summed E-state index contributed by atoms with van der Waals surface area (Å²) in [6.07, 6.45) is 4.04. The maximum absolute atomic E-state index is 5.27. The molecule has 17 heavy (non-hydrogen) atoms. The zero-order valence-corrected chi connectivity index (χ0v) is 10.2. The van der Waals surface area contributed by atoms with Crippen molar-refractivity contribution < 1.29 is 4.74 Å². The number of benzene rings is 1. The van der Waals surface area contributed by atoms with Crippen LogP contribution in [-0.4, -0.2) is 37.5 Å². The molecule has 0 atom stereocenters. The molecule has 0 aromatic heterocycles. The number of morpholine rings is 1. The standard InChI is InChI=1S/C14H18N2O/c1-13(11-14-5-3-2-4-6-14)12-15-16-7-9-17-10-8-16/h2-6,11-12H,7-10H2,1H3/b13-11+,15-12-. The van der Waals surface area contributed by atoms with E-state index in [4.69, 9.17) is 4.74 Å². The largest absolute Gasteiger partial charge is 0.378 e. The summed E-state index contributed by atoms with van der Waals surface area (Å²) in [5, 5.41) is 6.49. The van der Waals surface area contributed by atoms with Crippen molar-refractivity contribution in [1.29, 1.82) is 0 Å². The van der Waals surface area contributed by atoms with Crippen LogP contribution < -0.4 is 0 Å². The number of hydrogen-bond donors (Lipinski definition) is 0. The highest BCUT2D eigenvalue weighted by molar-refractivity contribution is 5.84. The Morgan fingerprint density at radius 2 is 1.94 bits per heavy atom. The second kappa shape index (κ2) is 6.21. The molecule has 1 saturated heterocycles. The molecule has 1 aliphatic heterocycles. The third-order valence-corrected chi connectivity index (χ3v) is 2.61. The predicted octanol–water partition coefficient (Wildman–Crippen LogP) is 2.41. The van der Waals surface area contributed by atoms with E-state index < -0.39 is 0 Å². The van der Waals surface area contributed by atoms with E-state index in [1.807, 2.05) is 29.4 Å². The summed E-state index contributed by atoms with van der Waals surface area (Å²) in [6, 6.07) is 10.3. The minimum absolute atomic E-state index is 0.777. The van der Waals surface area contributed by atoms with E-state index >= 15 is 0 Å². The molecule has 1 aromatic rings. The van der Waals surface area contributed by atoms with Crippen molar-refractivity contribution in [2.45, 2.75) is 6.92 Å². The van der Waals surface area contributed by atoms with E-state index in [0.29, 0.717) is 0 Å². The van der Waals surface area contributed by atoms with Crippen molar-refractivity contribution in [3.8, 4) is 0 Å². The zero-order valence-electron chi connectivity index (χ0n) is 10.2. The van der Waals surface area contributed by atoms with Gasteiger partial charge in [0.1, 0.15) is 0 Å². The van der Waals surface area contributed by atoms with Crippen LogP contribution >= 0.6 is 0 Å². The van der Waals surface area contributed by atoms with Crippen molar-refractivity contribution in [3.05, 3.63) is 41.5 Å². The molecule has 3 heteroatoms. The Bertz CT molecular complexity index is 392. The van der Waals surface area contributed by atoms with Gasteiger partial charge in [0.2, 0.25) is 0 Å². The van der Waals surface area contributed by atoms with Gasteiger partial charge in [-0.2, -0.15) is 5.10 Å². The van der Waals surface area contributed by atoms with E-state index in [2.05, 4.69) is 30.2 Å². The van der Waals surface area contributed by atoms with Crippen LogP contribution in [0.5, 0.6) is 0 Å². The van der Waals surface area contributed by atoms with Crippen molar-refractivity contribution in [2.24, 2.45) is 5.10 Å². The summed E-state index contributed by atoms with van der Waals surface area (Å²) in [7, 11) is 0. The average molecular weight is 230 g/mol. The molecule has 0 amide bonds. The molecule has 90 valence electrons. The third kappa shape index (κ3) is 4.04. The molecule has 0 spiro atoms. The van der Waals surface area contributed by atoms with Crippen LogP contribution in [0, 0.1) is 0 Å². The van der Waals surface area contributed by atoms with Crippen LogP contribution in [0.3, 0.4) is 0 Å². The first-order valence-electron chi connectivity index (χ1n) is 5.94. The molecule has 1 fully saturated rings. The van der Waals surface area contributed by atoms with Crippen molar-refractivity contribution in [1.82, 2.24) is 5.01 Å². The molecule has 0 bridgehead atoms. The van der Waals surface area contributed by atoms with Crippen LogP contribution in [0.4, 0.5) is 0 Å². The normalized spacial score (nSPS) is 17.7. The van der Waals surface area contributed by atoms with E-state index in [1.165, 1.54) is 5.56 Å². The van der Waals surface area contributed by atoms with E-state index in [0.717, 1.165) is 31.9 Å². The van der Waals surface area contributed by atoms with Crippen LogP contribution in [0.15, 0.2) is 41.0 Å². The Hall–Kier alpha value is -1.61. The summed E-state index contributed by atoms with van der Waals surface area (Å²) in [6.45, 7) is 5.39. The van der Waals surface area contributed by atoms with Crippen molar-refractivity contribution >= 4 is 12.3 Å². The first kappa shape index (κ1) is 11.9. The lowest BCUT2D eigenvalue weighted by molar-refractivity contribution is 0.0397. The SMILES string of the molecule is CC(/C=N\N1CCOCC1)=C\c1ccccc1. The van der Waals surface area contributed by atoms with Crippen molar-refractivity contribution in [2.75, 3.05) is 26.3 Å². The Morgan fingerprint density at radius 1 is 1.24 bits per heavy atom. The first-order valence-corrected chi connectivity index (χ1v) is 5.94. The molecule has 1 aliphatic rings. The summed E-state index contributed by atoms with van der Waals surface area (Å²) >= 11 is 0. The van der Waals surface area contributed by atoms with Crippen LogP contribution in [-0.2, 0) is 4.74 Å².